The number of hydrogen-bond acceptors (Lipinski definition) is 4. The molecule has 0 saturated heterocycles. The Labute approximate surface area is 197 Å². The summed E-state index contributed by atoms with van der Waals surface area (Å²) in [6.07, 6.45) is 9.11. The fraction of sp³-hybridized carbons (Fsp3) is 0.440. The maximum atomic E-state index is 12.8. The zero-order valence-electron chi connectivity index (χ0n) is 18.8. The maximum absolute atomic E-state index is 12.8. The molecule has 0 aromatic heterocycles. The van der Waals surface area contributed by atoms with Crippen LogP contribution >= 0.6 is 17.0 Å². The van der Waals surface area contributed by atoms with Gasteiger partial charge in [-0.15, -0.1) is 17.0 Å². The number of ether oxygens (including phenoxy) is 1. The van der Waals surface area contributed by atoms with Crippen LogP contribution in [0.2, 0.25) is 0 Å². The van der Waals surface area contributed by atoms with Crippen molar-refractivity contribution in [1.29, 1.82) is 0 Å². The van der Waals surface area contributed by atoms with Crippen molar-refractivity contribution in [3.63, 3.8) is 0 Å². The second-order valence-electron chi connectivity index (χ2n) is 7.34. The Morgan fingerprint density at radius 2 is 1.48 bits per heavy atom. The van der Waals surface area contributed by atoms with Crippen LogP contribution in [0.3, 0.4) is 0 Å². The lowest BCUT2D eigenvalue weighted by Gasteiger charge is -2.11. The summed E-state index contributed by atoms with van der Waals surface area (Å²) in [5, 5.41) is 2.94. The van der Waals surface area contributed by atoms with E-state index in [2.05, 4.69) is 12.2 Å². The molecule has 0 saturated carbocycles. The molecule has 0 aliphatic heterocycles. The van der Waals surface area contributed by atoms with Gasteiger partial charge in [0.2, 0.25) is 0 Å². The van der Waals surface area contributed by atoms with E-state index in [0.717, 1.165) is 24.8 Å². The molecule has 4 N–H and O–H groups in total. The van der Waals surface area contributed by atoms with Gasteiger partial charge >= 0.3 is 5.97 Å². The highest BCUT2D eigenvalue weighted by Crippen LogP contribution is 2.17. The number of esters is 1. The lowest BCUT2D eigenvalue weighted by Crippen LogP contribution is -2.14. The molecule has 0 aliphatic carbocycles. The molecule has 1 amide bonds. The van der Waals surface area contributed by atoms with E-state index in [0.29, 0.717) is 23.4 Å². The number of benzene rings is 2. The third-order valence-corrected chi connectivity index (χ3v) is 4.88. The van der Waals surface area contributed by atoms with Crippen molar-refractivity contribution < 1.29 is 14.3 Å². The average Bonchev–Trinajstić information content (AvgIpc) is 2.75. The average molecular weight is 493 g/mol. The van der Waals surface area contributed by atoms with Crippen molar-refractivity contribution >= 4 is 34.5 Å². The van der Waals surface area contributed by atoms with E-state index in [1.54, 1.807) is 24.3 Å². The predicted octanol–water partition coefficient (Wildman–Crippen LogP) is 7.15. The van der Waals surface area contributed by atoms with Crippen LogP contribution in [-0.4, -0.2) is 18.5 Å². The van der Waals surface area contributed by atoms with Gasteiger partial charge in [0.1, 0.15) is 0 Å². The molecule has 0 radical (unpaired) electrons. The van der Waals surface area contributed by atoms with Crippen LogP contribution in [0.1, 0.15) is 85.1 Å². The minimum atomic E-state index is -0.339. The van der Waals surface area contributed by atoms with Gasteiger partial charge < -0.3 is 16.2 Å². The Kier molecular flexibility index (Phi) is 15.3. The fourth-order valence-electron chi connectivity index (χ4n) is 3.22. The van der Waals surface area contributed by atoms with Crippen molar-refractivity contribution in [3.05, 3.63) is 65.2 Å². The molecule has 0 aliphatic rings. The molecule has 0 spiro atoms. The molecule has 0 unspecified atom stereocenters. The van der Waals surface area contributed by atoms with E-state index in [9.17, 15) is 9.59 Å². The topological polar surface area (TPSA) is 90.4 Å². The summed E-state index contributed by atoms with van der Waals surface area (Å²) >= 11 is 0. The van der Waals surface area contributed by atoms with E-state index in [4.69, 9.17) is 4.74 Å². The summed E-state index contributed by atoms with van der Waals surface area (Å²) < 4.78 is 5.13. The number of aryl methyl sites for hydroxylation is 1. The van der Waals surface area contributed by atoms with Crippen LogP contribution in [0.15, 0.2) is 48.5 Å². The smallest absolute Gasteiger partial charge is 0.338 e. The van der Waals surface area contributed by atoms with E-state index in [1.165, 1.54) is 32.1 Å². The van der Waals surface area contributed by atoms with Crippen molar-refractivity contribution in [2.24, 2.45) is 0 Å². The van der Waals surface area contributed by atoms with Gasteiger partial charge in [0.15, 0.2) is 0 Å². The molecule has 0 heterocycles. The number of halogens is 1. The fourth-order valence-corrected chi connectivity index (χ4v) is 3.22. The number of amides is 1. The first-order chi connectivity index (χ1) is 14.2. The maximum Gasteiger partial charge on any atom is 0.338 e. The minimum Gasteiger partial charge on any atom is -0.462 e. The molecule has 31 heavy (non-hydrogen) atoms. The molecule has 0 atom stereocenters. The van der Waals surface area contributed by atoms with Gasteiger partial charge in [-0.2, -0.15) is 0 Å². The third-order valence-electron chi connectivity index (χ3n) is 4.88. The molecular formula is C25H37BrN2O3. The van der Waals surface area contributed by atoms with Gasteiger partial charge in [0.05, 0.1) is 12.2 Å². The van der Waals surface area contributed by atoms with Gasteiger partial charge in [-0.3, -0.25) is 4.79 Å². The Bertz CT molecular complexity index is 779. The Morgan fingerprint density at radius 1 is 0.839 bits per heavy atom. The lowest BCUT2D eigenvalue weighted by atomic mass is 10.00. The van der Waals surface area contributed by atoms with Crippen LogP contribution < -0.4 is 11.5 Å². The van der Waals surface area contributed by atoms with Gasteiger partial charge in [-0.25, -0.2) is 4.79 Å². The highest BCUT2D eigenvalue weighted by molar-refractivity contribution is 8.93. The number of anilines is 1. The first-order valence-electron chi connectivity index (χ1n) is 10.8. The zero-order valence-corrected chi connectivity index (χ0v) is 20.5. The van der Waals surface area contributed by atoms with E-state index < -0.39 is 0 Å². The molecule has 5 nitrogen and oxygen atoms in total. The molecule has 0 fully saturated rings. The molecule has 0 bridgehead atoms. The predicted molar refractivity (Wildman–Crippen MR) is 134 cm³/mol. The summed E-state index contributed by atoms with van der Waals surface area (Å²) in [6, 6.07) is 14.6. The summed E-state index contributed by atoms with van der Waals surface area (Å²) in [5.41, 5.74) is 2.95. The van der Waals surface area contributed by atoms with Crippen LogP contribution in [-0.2, 0) is 11.2 Å². The van der Waals surface area contributed by atoms with Gasteiger partial charge in [-0.05, 0) is 55.2 Å². The van der Waals surface area contributed by atoms with Crippen molar-refractivity contribution in [2.75, 3.05) is 11.9 Å². The second kappa shape index (κ2) is 16.5. The van der Waals surface area contributed by atoms with E-state index in [1.807, 2.05) is 31.2 Å². The van der Waals surface area contributed by atoms with Crippen LogP contribution in [0, 0.1) is 0 Å². The third kappa shape index (κ3) is 10.1. The van der Waals surface area contributed by atoms with Gasteiger partial charge in [0.25, 0.3) is 5.91 Å². The molecule has 6 heteroatoms. The first-order valence-corrected chi connectivity index (χ1v) is 10.8. The quantitative estimate of drug-likeness (QED) is 0.243. The van der Waals surface area contributed by atoms with Crippen LogP contribution in [0.25, 0.3) is 0 Å². The van der Waals surface area contributed by atoms with Crippen LogP contribution in [0.4, 0.5) is 5.69 Å². The summed E-state index contributed by atoms with van der Waals surface area (Å²) in [5.74, 6) is -0.457. The Morgan fingerprint density at radius 3 is 2.16 bits per heavy atom. The van der Waals surface area contributed by atoms with E-state index in [-0.39, 0.29) is 35.0 Å². The van der Waals surface area contributed by atoms with Gasteiger partial charge in [0, 0.05) is 11.3 Å². The Balaban J connectivity index is 0.00000450. The zero-order chi connectivity index (χ0) is 20.9. The number of rotatable bonds is 12. The van der Waals surface area contributed by atoms with E-state index >= 15 is 0 Å². The number of unbranched alkanes of at least 4 members (excludes halogenated alkanes) is 5. The van der Waals surface area contributed by atoms with Crippen molar-refractivity contribution in [2.45, 2.75) is 65.2 Å². The highest BCUT2D eigenvalue weighted by atomic mass is 79.9. The number of hydrogen-bond donors (Lipinski definition) is 2. The standard InChI is InChI=1S/C25H33NO3.BrH.H3N/c1-3-5-6-7-8-9-12-20-13-10-11-14-23(20)24(27)26-22-17-15-21(16-18-22)25(28)29-19-4-2;;/h10-11,13-18H,3-9,12,19H2,1-2H3,(H,26,27);1H;1H3. The highest BCUT2D eigenvalue weighted by Gasteiger charge is 2.12. The summed E-state index contributed by atoms with van der Waals surface area (Å²) in [6.45, 7) is 4.59. The molecule has 172 valence electrons. The first kappa shape index (κ1) is 28.8. The monoisotopic (exact) mass is 492 g/mol. The number of nitrogens with one attached hydrogen (secondary N) is 1. The Hall–Kier alpha value is -2.18. The minimum absolute atomic E-state index is 0. The van der Waals surface area contributed by atoms with Crippen molar-refractivity contribution in [1.82, 2.24) is 6.15 Å². The second-order valence-corrected chi connectivity index (χ2v) is 7.34. The molecule has 2 aromatic carbocycles. The molecular weight excluding hydrogens is 456 g/mol. The summed E-state index contributed by atoms with van der Waals surface area (Å²) in [7, 11) is 0. The number of carbonyl (C=O) groups is 2. The lowest BCUT2D eigenvalue weighted by molar-refractivity contribution is 0.0505. The van der Waals surface area contributed by atoms with Crippen LogP contribution in [0.5, 0.6) is 0 Å². The van der Waals surface area contributed by atoms with Gasteiger partial charge in [-0.1, -0.05) is 64.2 Å². The molecule has 2 aromatic rings. The SMILES string of the molecule is Br.CCCCCCCCc1ccccc1C(=O)Nc1ccc(C(=O)OCCC)cc1.N. The van der Waals surface area contributed by atoms with Crippen molar-refractivity contribution in [3.8, 4) is 0 Å². The number of carbonyl (C=O) groups excluding carboxylic acids is 2. The normalized spacial score (nSPS) is 9.87. The largest absolute Gasteiger partial charge is 0.462 e. The molecule has 2 rings (SSSR count). The summed E-state index contributed by atoms with van der Waals surface area (Å²) in [4.78, 5) is 24.6.